The van der Waals surface area contributed by atoms with Crippen LogP contribution in [0.15, 0.2) is 59.7 Å². The van der Waals surface area contributed by atoms with Crippen LogP contribution in [0.5, 0.6) is 0 Å². The van der Waals surface area contributed by atoms with Crippen molar-refractivity contribution >= 4 is 17.7 Å². The maximum Gasteiger partial charge on any atom is 0.407 e. The SMILES string of the molecule is CC(C)(C)OC(=O)N[C@@H](Cc1ccccc1)[C@@H](O)C[N+](C)(Cc1cccc(N)c1)/N=C(\[O-])C1CCCCC1. The Morgan fingerprint density at radius 2 is 1.79 bits per heavy atom. The summed E-state index contributed by atoms with van der Waals surface area (Å²) in [7, 11) is 1.85. The van der Waals surface area contributed by atoms with E-state index in [0.29, 0.717) is 18.7 Å². The van der Waals surface area contributed by atoms with E-state index in [1.54, 1.807) is 20.8 Å². The quantitative estimate of drug-likeness (QED) is 0.143. The largest absolute Gasteiger partial charge is 0.858 e. The molecule has 1 aliphatic rings. The van der Waals surface area contributed by atoms with E-state index in [4.69, 9.17) is 10.5 Å². The number of nitrogens with two attached hydrogens (primary N) is 1. The van der Waals surface area contributed by atoms with E-state index < -0.39 is 23.8 Å². The van der Waals surface area contributed by atoms with Gasteiger partial charge in [0.05, 0.1) is 13.1 Å². The zero-order valence-corrected chi connectivity index (χ0v) is 23.2. The highest BCUT2D eigenvalue weighted by Gasteiger charge is 2.34. The summed E-state index contributed by atoms with van der Waals surface area (Å²) in [6, 6.07) is 16.5. The molecular weight excluding hydrogens is 480 g/mol. The number of carbonyl (C=O) groups is 1. The first-order valence-electron chi connectivity index (χ1n) is 13.6. The second-order valence-corrected chi connectivity index (χ2v) is 11.7. The molecule has 1 unspecified atom stereocenters. The molecule has 3 rings (SSSR count). The first kappa shape index (κ1) is 29.5. The highest BCUT2D eigenvalue weighted by molar-refractivity contribution is 5.73. The molecule has 0 radical (unpaired) electrons. The van der Waals surface area contributed by atoms with Gasteiger partial charge >= 0.3 is 6.09 Å². The van der Waals surface area contributed by atoms with Gasteiger partial charge in [0.25, 0.3) is 0 Å². The number of likely N-dealkylation sites (N-methyl/N-ethyl adjacent to an activating group) is 1. The molecule has 1 saturated carbocycles. The van der Waals surface area contributed by atoms with Crippen molar-refractivity contribution in [1.82, 2.24) is 5.32 Å². The van der Waals surface area contributed by atoms with Crippen molar-refractivity contribution in [1.29, 1.82) is 0 Å². The lowest BCUT2D eigenvalue weighted by molar-refractivity contribution is -0.933. The van der Waals surface area contributed by atoms with Gasteiger partial charge in [-0.05, 0) is 63.6 Å². The Morgan fingerprint density at radius 3 is 2.42 bits per heavy atom. The van der Waals surface area contributed by atoms with Gasteiger partial charge in [-0.2, -0.15) is 4.59 Å². The Labute approximate surface area is 227 Å². The molecule has 4 N–H and O–H groups in total. The molecule has 0 bridgehead atoms. The number of ether oxygens (including phenoxy) is 1. The summed E-state index contributed by atoms with van der Waals surface area (Å²) < 4.78 is 5.43. The molecule has 38 heavy (non-hydrogen) atoms. The van der Waals surface area contributed by atoms with Crippen molar-refractivity contribution in [2.45, 2.75) is 83.6 Å². The van der Waals surface area contributed by atoms with Gasteiger partial charge in [-0.15, -0.1) is 5.10 Å². The monoisotopic (exact) mass is 524 g/mol. The Kier molecular flexibility index (Phi) is 10.2. The number of aliphatic hydroxyl groups excluding tert-OH is 1. The molecule has 1 fully saturated rings. The van der Waals surface area contributed by atoms with E-state index >= 15 is 0 Å². The number of benzene rings is 2. The molecule has 1 aliphatic carbocycles. The van der Waals surface area contributed by atoms with E-state index in [9.17, 15) is 15.0 Å². The van der Waals surface area contributed by atoms with Gasteiger partial charge in [-0.25, -0.2) is 4.79 Å². The molecule has 8 nitrogen and oxygen atoms in total. The average Bonchev–Trinajstić information content (AvgIpc) is 2.83. The van der Waals surface area contributed by atoms with Gasteiger partial charge in [0.15, 0.2) is 0 Å². The average molecular weight is 525 g/mol. The maximum absolute atomic E-state index is 13.3. The molecular formula is C30H44N4O4. The van der Waals surface area contributed by atoms with Crippen LogP contribution in [0.4, 0.5) is 10.5 Å². The number of amides is 1. The van der Waals surface area contributed by atoms with Crippen LogP contribution in [0.2, 0.25) is 0 Å². The molecule has 8 heteroatoms. The van der Waals surface area contributed by atoms with Crippen molar-refractivity contribution in [2.75, 3.05) is 19.3 Å². The molecule has 2 aromatic carbocycles. The third-order valence-corrected chi connectivity index (χ3v) is 6.81. The minimum Gasteiger partial charge on any atom is -0.858 e. The highest BCUT2D eigenvalue weighted by Crippen LogP contribution is 2.25. The lowest BCUT2D eigenvalue weighted by Crippen LogP contribution is -2.54. The fraction of sp³-hybridized carbons (Fsp3) is 0.533. The van der Waals surface area contributed by atoms with Crippen molar-refractivity contribution in [3.63, 3.8) is 0 Å². The second kappa shape index (κ2) is 13.1. The predicted octanol–water partition coefficient (Wildman–Crippen LogP) is 3.97. The Morgan fingerprint density at radius 1 is 1.13 bits per heavy atom. The molecule has 2 aromatic rings. The number of alkyl carbamates (subject to hydrolysis) is 1. The van der Waals surface area contributed by atoms with Crippen molar-refractivity contribution in [3.05, 3.63) is 65.7 Å². The number of anilines is 1. The van der Waals surface area contributed by atoms with Crippen LogP contribution in [0.25, 0.3) is 0 Å². The molecule has 0 heterocycles. The first-order chi connectivity index (χ1) is 17.9. The summed E-state index contributed by atoms with van der Waals surface area (Å²) in [5.74, 6) is -0.206. The standard InChI is InChI=1S/C30H44N4O4/c1-30(2,3)38-29(37)32-26(19-22-12-7-5-8-13-22)27(35)21-34(4,20-23-14-11-17-25(31)18-23)33-28(36)24-15-9-6-10-16-24/h5,7-8,11-14,17-18,24,26-27,35H,6,9-10,15-16,19-21,31H2,1-4H3,(H-,32,33,36,37)/t26-,27-,34?/m0/s1. The summed E-state index contributed by atoms with van der Waals surface area (Å²) in [6.07, 6.45) is 3.71. The number of hydrogen-bond acceptors (Lipinski definition) is 6. The summed E-state index contributed by atoms with van der Waals surface area (Å²) in [5.41, 5.74) is 7.85. The van der Waals surface area contributed by atoms with Gasteiger partial charge in [-0.3, -0.25) is 0 Å². The van der Waals surface area contributed by atoms with E-state index in [1.165, 1.54) is 0 Å². The highest BCUT2D eigenvalue weighted by atomic mass is 16.6. The van der Waals surface area contributed by atoms with E-state index in [2.05, 4.69) is 10.4 Å². The zero-order valence-electron chi connectivity index (χ0n) is 23.2. The van der Waals surface area contributed by atoms with Gasteiger partial charge in [0.1, 0.15) is 24.8 Å². The fourth-order valence-electron chi connectivity index (χ4n) is 5.04. The molecule has 1 amide bonds. The minimum atomic E-state index is -1.00. The predicted molar refractivity (Wildman–Crippen MR) is 149 cm³/mol. The Balaban J connectivity index is 1.88. The summed E-state index contributed by atoms with van der Waals surface area (Å²) in [6.45, 7) is 5.89. The second-order valence-electron chi connectivity index (χ2n) is 11.7. The Bertz CT molecular complexity index is 1060. The number of nitrogens with zero attached hydrogens (tertiary/aromatic N) is 2. The number of nitrogens with one attached hydrogen (secondary N) is 1. The summed E-state index contributed by atoms with van der Waals surface area (Å²) >= 11 is 0. The van der Waals surface area contributed by atoms with Crippen LogP contribution < -0.4 is 16.2 Å². The van der Waals surface area contributed by atoms with Crippen LogP contribution in [0.1, 0.15) is 64.0 Å². The molecule has 0 aromatic heterocycles. The maximum atomic E-state index is 13.3. The van der Waals surface area contributed by atoms with E-state index in [0.717, 1.165) is 43.2 Å². The van der Waals surface area contributed by atoms with Gasteiger partial charge in [0, 0.05) is 17.1 Å². The zero-order chi connectivity index (χ0) is 27.8. The van der Waals surface area contributed by atoms with Gasteiger partial charge in [0.2, 0.25) is 0 Å². The minimum absolute atomic E-state index is 0.0543. The van der Waals surface area contributed by atoms with Crippen molar-refractivity contribution in [2.24, 2.45) is 11.0 Å². The first-order valence-corrected chi connectivity index (χ1v) is 13.6. The Hall–Kier alpha value is -3.10. The normalized spacial score (nSPS) is 18.3. The van der Waals surface area contributed by atoms with Crippen molar-refractivity contribution in [3.8, 4) is 0 Å². The summed E-state index contributed by atoms with van der Waals surface area (Å²) in [4.78, 5) is 12.7. The third kappa shape index (κ3) is 9.65. The van der Waals surface area contributed by atoms with Crippen LogP contribution in [0.3, 0.4) is 0 Å². The fourth-order valence-corrected chi connectivity index (χ4v) is 5.04. The van der Waals surface area contributed by atoms with Crippen LogP contribution in [-0.4, -0.2) is 53.0 Å². The van der Waals surface area contributed by atoms with Crippen LogP contribution in [-0.2, 0) is 17.7 Å². The van der Waals surface area contributed by atoms with Crippen molar-refractivity contribution < 1.29 is 24.3 Å². The molecule has 3 atom stereocenters. The molecule has 0 aliphatic heterocycles. The molecule has 0 spiro atoms. The lowest BCUT2D eigenvalue weighted by Gasteiger charge is -2.36. The number of quaternary nitrogens is 1. The number of hydrogen-bond donors (Lipinski definition) is 3. The van der Waals surface area contributed by atoms with Gasteiger partial charge < -0.3 is 26.0 Å². The van der Waals surface area contributed by atoms with Gasteiger partial charge in [-0.1, -0.05) is 61.7 Å². The smallest absolute Gasteiger partial charge is 0.407 e. The number of carbonyl (C=O) groups excluding carboxylic acids is 1. The van der Waals surface area contributed by atoms with E-state index in [-0.39, 0.29) is 23.0 Å². The number of nitrogen functional groups attached to an aromatic ring is 1. The lowest BCUT2D eigenvalue weighted by atomic mass is 9.89. The summed E-state index contributed by atoms with van der Waals surface area (Å²) in [5, 5.41) is 32.3. The number of aliphatic hydroxyl groups is 1. The van der Waals surface area contributed by atoms with Crippen LogP contribution in [0, 0.1) is 5.92 Å². The van der Waals surface area contributed by atoms with E-state index in [1.807, 2.05) is 61.6 Å². The topological polar surface area (TPSA) is 120 Å². The molecule has 208 valence electrons. The third-order valence-electron chi connectivity index (χ3n) is 6.81. The van der Waals surface area contributed by atoms with Crippen LogP contribution >= 0.6 is 0 Å². The number of rotatable bonds is 10. The molecule has 0 saturated heterocycles.